The average molecular weight is 513 g/mol. The molecule has 0 bridgehead atoms. The van der Waals surface area contributed by atoms with Crippen LogP contribution in [0.15, 0.2) is 56.6 Å². The molecule has 2 aromatic rings. The lowest BCUT2D eigenvalue weighted by atomic mass is 10.1. The lowest BCUT2D eigenvalue weighted by Crippen LogP contribution is -2.33. The van der Waals surface area contributed by atoms with Crippen molar-refractivity contribution in [2.45, 2.75) is 19.3 Å². The minimum atomic E-state index is -0.383. The van der Waals surface area contributed by atoms with E-state index in [0.29, 0.717) is 26.1 Å². The average Bonchev–Trinajstić information content (AvgIpc) is 2.69. The van der Waals surface area contributed by atoms with Crippen LogP contribution in [0.2, 0.25) is 0 Å². The van der Waals surface area contributed by atoms with E-state index in [1.165, 1.54) is 0 Å². The number of benzene rings is 2. The SMILES string of the molecule is NCCCOc1c(Br)cc(CCNC(=O)C(Cc2ccccc2)=NO)cc1Br. The Kier molecular flexibility index (Phi) is 9.46. The van der Waals surface area contributed by atoms with Gasteiger partial charge in [-0.05, 0) is 74.5 Å². The molecule has 2 aromatic carbocycles. The molecular weight excluding hydrogens is 490 g/mol. The van der Waals surface area contributed by atoms with Crippen molar-refractivity contribution in [2.75, 3.05) is 19.7 Å². The second-order valence-electron chi connectivity index (χ2n) is 6.09. The molecule has 4 N–H and O–H groups in total. The van der Waals surface area contributed by atoms with Crippen molar-refractivity contribution in [3.8, 4) is 5.75 Å². The molecule has 0 spiro atoms. The summed E-state index contributed by atoms with van der Waals surface area (Å²) in [4.78, 5) is 12.3. The van der Waals surface area contributed by atoms with Crippen LogP contribution in [0.25, 0.3) is 0 Å². The molecule has 0 aliphatic heterocycles. The summed E-state index contributed by atoms with van der Waals surface area (Å²) in [5.41, 5.74) is 7.50. The minimum Gasteiger partial charge on any atom is -0.491 e. The molecule has 8 heteroatoms. The third kappa shape index (κ3) is 6.92. The van der Waals surface area contributed by atoms with Gasteiger partial charge in [-0.1, -0.05) is 35.5 Å². The predicted octanol–water partition coefficient (Wildman–Crippen LogP) is 3.67. The van der Waals surface area contributed by atoms with Crippen molar-refractivity contribution >= 4 is 43.5 Å². The van der Waals surface area contributed by atoms with Gasteiger partial charge in [0, 0.05) is 13.0 Å². The molecule has 0 aliphatic rings. The maximum absolute atomic E-state index is 12.3. The summed E-state index contributed by atoms with van der Waals surface area (Å²) in [5, 5.41) is 15.1. The number of hydrogen-bond acceptors (Lipinski definition) is 5. The van der Waals surface area contributed by atoms with Gasteiger partial charge >= 0.3 is 0 Å². The largest absolute Gasteiger partial charge is 0.491 e. The third-order valence-electron chi connectivity index (χ3n) is 3.95. The normalized spacial score (nSPS) is 11.3. The summed E-state index contributed by atoms with van der Waals surface area (Å²) < 4.78 is 7.39. The highest BCUT2D eigenvalue weighted by Crippen LogP contribution is 2.35. The maximum atomic E-state index is 12.3. The quantitative estimate of drug-likeness (QED) is 0.196. The molecule has 0 fully saturated rings. The molecule has 0 heterocycles. The van der Waals surface area contributed by atoms with E-state index in [-0.39, 0.29) is 18.0 Å². The van der Waals surface area contributed by atoms with Gasteiger partial charge in [-0.15, -0.1) is 0 Å². The van der Waals surface area contributed by atoms with Crippen LogP contribution in [0.3, 0.4) is 0 Å². The minimum absolute atomic E-state index is 0.0808. The summed E-state index contributed by atoms with van der Waals surface area (Å²) in [7, 11) is 0. The Labute approximate surface area is 181 Å². The summed E-state index contributed by atoms with van der Waals surface area (Å²) in [6, 6.07) is 13.3. The molecule has 0 radical (unpaired) electrons. The number of nitrogens with one attached hydrogen (secondary N) is 1. The summed E-state index contributed by atoms with van der Waals surface area (Å²) in [5.74, 6) is 0.352. The highest BCUT2D eigenvalue weighted by molar-refractivity contribution is 9.11. The standard InChI is InChI=1S/C20H23Br2N3O3/c21-16-11-15(12-17(22)19(16)28-10-4-8-23)7-9-24-20(26)18(25-27)13-14-5-2-1-3-6-14/h1-3,5-6,11-12,27H,4,7-10,13,23H2,(H,24,26). The van der Waals surface area contributed by atoms with E-state index in [4.69, 9.17) is 15.7 Å². The van der Waals surface area contributed by atoms with Gasteiger partial charge in [-0.25, -0.2) is 0 Å². The van der Waals surface area contributed by atoms with Crippen LogP contribution in [0.1, 0.15) is 17.5 Å². The molecule has 6 nitrogen and oxygen atoms in total. The molecule has 0 unspecified atom stereocenters. The number of carbonyl (C=O) groups excluding carboxylic acids is 1. The maximum Gasteiger partial charge on any atom is 0.269 e. The van der Waals surface area contributed by atoms with E-state index in [0.717, 1.165) is 32.2 Å². The summed E-state index contributed by atoms with van der Waals surface area (Å²) >= 11 is 7.03. The van der Waals surface area contributed by atoms with Gasteiger partial charge in [-0.2, -0.15) is 0 Å². The van der Waals surface area contributed by atoms with Crippen LogP contribution in [0, 0.1) is 0 Å². The number of halogens is 2. The zero-order valence-corrected chi connectivity index (χ0v) is 18.5. The molecule has 150 valence electrons. The number of carbonyl (C=O) groups is 1. The number of amides is 1. The zero-order valence-electron chi connectivity index (χ0n) is 15.3. The lowest BCUT2D eigenvalue weighted by Gasteiger charge is -2.12. The van der Waals surface area contributed by atoms with Crippen LogP contribution >= 0.6 is 31.9 Å². The van der Waals surface area contributed by atoms with Gasteiger partial charge in [0.2, 0.25) is 0 Å². The molecule has 0 aliphatic carbocycles. The molecule has 2 rings (SSSR count). The second-order valence-corrected chi connectivity index (χ2v) is 7.80. The fourth-order valence-corrected chi connectivity index (χ4v) is 4.04. The van der Waals surface area contributed by atoms with Crippen LogP contribution in [-0.2, 0) is 17.6 Å². The molecule has 1 amide bonds. The first kappa shape index (κ1) is 22.4. The first-order valence-corrected chi connectivity index (χ1v) is 10.5. The van der Waals surface area contributed by atoms with Gasteiger partial charge < -0.3 is 21.0 Å². The number of ether oxygens (including phenoxy) is 1. The van der Waals surface area contributed by atoms with Crippen molar-refractivity contribution in [2.24, 2.45) is 10.9 Å². The fourth-order valence-electron chi connectivity index (χ4n) is 2.52. The number of hydrogen-bond donors (Lipinski definition) is 3. The monoisotopic (exact) mass is 511 g/mol. The molecule has 0 aromatic heterocycles. The smallest absolute Gasteiger partial charge is 0.269 e. The molecule has 0 atom stereocenters. The van der Waals surface area contributed by atoms with Gasteiger partial charge in [-0.3, -0.25) is 4.79 Å². The Hall–Kier alpha value is -1.90. The van der Waals surface area contributed by atoms with Crippen molar-refractivity contribution in [3.63, 3.8) is 0 Å². The fraction of sp³-hybridized carbons (Fsp3) is 0.300. The first-order chi connectivity index (χ1) is 13.5. The van der Waals surface area contributed by atoms with Gasteiger partial charge in [0.25, 0.3) is 5.91 Å². The van der Waals surface area contributed by atoms with E-state index >= 15 is 0 Å². The highest BCUT2D eigenvalue weighted by Gasteiger charge is 2.13. The summed E-state index contributed by atoms with van der Waals surface area (Å²) in [6.45, 7) is 1.54. The van der Waals surface area contributed by atoms with E-state index in [1.54, 1.807) is 0 Å². The second kappa shape index (κ2) is 11.8. The van der Waals surface area contributed by atoms with Crippen LogP contribution in [0.4, 0.5) is 0 Å². The Bertz CT molecular complexity index is 791. The number of rotatable bonds is 10. The van der Waals surface area contributed by atoms with E-state index in [1.807, 2.05) is 42.5 Å². The van der Waals surface area contributed by atoms with Gasteiger partial charge in [0.15, 0.2) is 0 Å². The predicted molar refractivity (Wildman–Crippen MR) is 117 cm³/mol. The van der Waals surface area contributed by atoms with E-state index < -0.39 is 0 Å². The topological polar surface area (TPSA) is 96.9 Å². The molecular formula is C20H23Br2N3O3. The number of oxime groups is 1. The Morgan fingerprint density at radius 3 is 2.43 bits per heavy atom. The van der Waals surface area contributed by atoms with Crippen molar-refractivity contribution in [1.29, 1.82) is 0 Å². The summed E-state index contributed by atoms with van der Waals surface area (Å²) in [6.07, 6.45) is 1.68. The first-order valence-electron chi connectivity index (χ1n) is 8.89. The van der Waals surface area contributed by atoms with Crippen LogP contribution in [0.5, 0.6) is 5.75 Å². The molecule has 0 saturated carbocycles. The van der Waals surface area contributed by atoms with Crippen LogP contribution < -0.4 is 15.8 Å². The van der Waals surface area contributed by atoms with Crippen molar-refractivity contribution in [3.05, 3.63) is 62.5 Å². The van der Waals surface area contributed by atoms with Crippen molar-refractivity contribution < 1.29 is 14.7 Å². The van der Waals surface area contributed by atoms with E-state index in [9.17, 15) is 4.79 Å². The zero-order chi connectivity index (χ0) is 20.4. The number of nitrogens with two attached hydrogens (primary N) is 1. The third-order valence-corrected chi connectivity index (χ3v) is 5.13. The van der Waals surface area contributed by atoms with Crippen LogP contribution in [-0.4, -0.2) is 36.5 Å². The Morgan fingerprint density at radius 1 is 1.14 bits per heavy atom. The Morgan fingerprint density at radius 2 is 1.82 bits per heavy atom. The molecule has 0 saturated heterocycles. The lowest BCUT2D eigenvalue weighted by molar-refractivity contribution is -0.115. The van der Waals surface area contributed by atoms with Gasteiger partial charge in [0.1, 0.15) is 11.5 Å². The molecule has 28 heavy (non-hydrogen) atoms. The Balaban J connectivity index is 1.88. The number of nitrogens with zero attached hydrogens (tertiary/aromatic N) is 1. The van der Waals surface area contributed by atoms with Gasteiger partial charge in [0.05, 0.1) is 15.6 Å². The van der Waals surface area contributed by atoms with E-state index in [2.05, 4.69) is 42.3 Å². The highest BCUT2D eigenvalue weighted by atomic mass is 79.9. The van der Waals surface area contributed by atoms with Crippen molar-refractivity contribution in [1.82, 2.24) is 5.32 Å².